The fraction of sp³-hybridized carbons (Fsp3) is 0.611. The molecule has 1 saturated heterocycles. The zero-order valence-corrected chi connectivity index (χ0v) is 14.3. The molecule has 1 amide bonds. The van der Waals surface area contributed by atoms with Crippen LogP contribution in [0, 0.1) is 6.92 Å². The van der Waals surface area contributed by atoms with Crippen LogP contribution in [0.3, 0.4) is 0 Å². The summed E-state index contributed by atoms with van der Waals surface area (Å²) < 4.78 is 5.36. The average molecular weight is 304 g/mol. The highest BCUT2D eigenvalue weighted by Gasteiger charge is 2.28. The van der Waals surface area contributed by atoms with Gasteiger partial charge in [0.15, 0.2) is 0 Å². The van der Waals surface area contributed by atoms with Crippen LogP contribution in [-0.4, -0.2) is 42.8 Å². The maximum Gasteiger partial charge on any atom is 0.407 e. The van der Waals surface area contributed by atoms with Crippen molar-refractivity contribution in [3.63, 3.8) is 0 Å². The number of ether oxygens (including phenoxy) is 1. The van der Waals surface area contributed by atoms with Crippen molar-refractivity contribution in [3.05, 3.63) is 35.4 Å². The number of nitrogens with one attached hydrogen (secondary N) is 1. The first-order chi connectivity index (χ1) is 10.2. The van der Waals surface area contributed by atoms with Crippen LogP contribution in [0.4, 0.5) is 4.79 Å². The molecule has 4 nitrogen and oxygen atoms in total. The highest BCUT2D eigenvalue weighted by Crippen LogP contribution is 2.27. The maximum absolute atomic E-state index is 12.0. The van der Waals surface area contributed by atoms with Crippen LogP contribution in [0.25, 0.3) is 0 Å². The van der Waals surface area contributed by atoms with Gasteiger partial charge in [-0.3, -0.25) is 0 Å². The monoisotopic (exact) mass is 304 g/mol. The molecule has 2 unspecified atom stereocenters. The van der Waals surface area contributed by atoms with Crippen molar-refractivity contribution in [1.29, 1.82) is 0 Å². The van der Waals surface area contributed by atoms with Crippen LogP contribution in [0.5, 0.6) is 0 Å². The number of benzene rings is 1. The molecule has 0 saturated carbocycles. The fourth-order valence-electron chi connectivity index (χ4n) is 2.98. The van der Waals surface area contributed by atoms with Gasteiger partial charge in [0.1, 0.15) is 5.60 Å². The van der Waals surface area contributed by atoms with E-state index in [1.165, 1.54) is 11.1 Å². The van der Waals surface area contributed by atoms with E-state index in [4.69, 9.17) is 4.74 Å². The predicted molar refractivity (Wildman–Crippen MR) is 89.2 cm³/mol. The third-order valence-corrected chi connectivity index (χ3v) is 3.90. The standard InChI is InChI=1S/C18H28N2O2/c1-13-6-8-14(9-7-13)15-10-16(12-20(5)11-15)19-17(21)22-18(2,3)4/h6-9,15-16H,10-12H2,1-5H3,(H,19,21). The molecule has 1 aromatic rings. The number of alkyl carbamates (subject to hydrolysis) is 1. The molecular weight excluding hydrogens is 276 g/mol. The van der Waals surface area contributed by atoms with Crippen molar-refractivity contribution < 1.29 is 9.53 Å². The van der Waals surface area contributed by atoms with Gasteiger partial charge in [-0.25, -0.2) is 4.79 Å². The normalized spacial score (nSPS) is 23.1. The number of amides is 1. The van der Waals surface area contributed by atoms with Gasteiger partial charge < -0.3 is 15.0 Å². The molecule has 0 aromatic heterocycles. The Kier molecular flexibility index (Phi) is 5.12. The minimum absolute atomic E-state index is 0.125. The molecule has 0 radical (unpaired) electrons. The third-order valence-electron chi connectivity index (χ3n) is 3.90. The molecule has 0 spiro atoms. The van der Waals surface area contributed by atoms with Gasteiger partial charge in [-0.1, -0.05) is 29.8 Å². The molecule has 0 bridgehead atoms. The zero-order chi connectivity index (χ0) is 16.3. The van der Waals surface area contributed by atoms with Gasteiger partial charge in [-0.15, -0.1) is 0 Å². The molecule has 4 heteroatoms. The van der Waals surface area contributed by atoms with Crippen molar-refractivity contribution in [2.24, 2.45) is 0 Å². The minimum atomic E-state index is -0.457. The third kappa shape index (κ3) is 5.02. The van der Waals surface area contributed by atoms with Crippen LogP contribution in [0.2, 0.25) is 0 Å². The second kappa shape index (κ2) is 6.69. The number of piperidine rings is 1. The molecule has 1 N–H and O–H groups in total. The molecule has 2 atom stereocenters. The number of carbonyl (C=O) groups excluding carboxylic acids is 1. The van der Waals surface area contributed by atoms with E-state index >= 15 is 0 Å². The summed E-state index contributed by atoms with van der Waals surface area (Å²) in [5.74, 6) is 0.444. The van der Waals surface area contributed by atoms with E-state index in [-0.39, 0.29) is 12.1 Å². The van der Waals surface area contributed by atoms with Crippen molar-refractivity contribution in [3.8, 4) is 0 Å². The van der Waals surface area contributed by atoms with Crippen LogP contribution in [0.15, 0.2) is 24.3 Å². The van der Waals surface area contributed by atoms with E-state index in [0.717, 1.165) is 19.5 Å². The van der Waals surface area contributed by atoms with Crippen molar-refractivity contribution in [1.82, 2.24) is 10.2 Å². The number of likely N-dealkylation sites (N-methyl/N-ethyl adjacent to an activating group) is 1. The van der Waals surface area contributed by atoms with Gasteiger partial charge >= 0.3 is 6.09 Å². The molecule has 1 aliphatic rings. The lowest BCUT2D eigenvalue weighted by Crippen LogP contribution is -2.49. The number of aryl methyl sites for hydroxylation is 1. The van der Waals surface area contributed by atoms with Gasteiger partial charge in [0.25, 0.3) is 0 Å². The number of hydrogen-bond acceptors (Lipinski definition) is 3. The molecular formula is C18H28N2O2. The molecule has 122 valence electrons. The van der Waals surface area contributed by atoms with Crippen molar-refractivity contribution >= 4 is 6.09 Å². The molecule has 1 heterocycles. The number of hydrogen-bond donors (Lipinski definition) is 1. The van der Waals surface area contributed by atoms with Gasteiger partial charge in [-0.05, 0) is 52.6 Å². The molecule has 1 fully saturated rings. The molecule has 1 aromatic carbocycles. The second-order valence-corrected chi connectivity index (χ2v) is 7.41. The van der Waals surface area contributed by atoms with Gasteiger partial charge in [-0.2, -0.15) is 0 Å². The summed E-state index contributed by atoms with van der Waals surface area (Å²) in [6.07, 6.45) is 0.627. The first kappa shape index (κ1) is 16.8. The first-order valence-corrected chi connectivity index (χ1v) is 7.97. The van der Waals surface area contributed by atoms with Crippen LogP contribution in [0.1, 0.15) is 44.2 Å². The summed E-state index contributed by atoms with van der Waals surface area (Å²) in [6.45, 7) is 9.64. The largest absolute Gasteiger partial charge is 0.444 e. The molecule has 22 heavy (non-hydrogen) atoms. The van der Waals surface area contributed by atoms with E-state index in [1.54, 1.807) is 0 Å². The zero-order valence-electron chi connectivity index (χ0n) is 14.3. The quantitative estimate of drug-likeness (QED) is 0.911. The first-order valence-electron chi connectivity index (χ1n) is 7.97. The fourth-order valence-corrected chi connectivity index (χ4v) is 2.98. The van der Waals surface area contributed by atoms with Crippen LogP contribution < -0.4 is 5.32 Å². The lowest BCUT2D eigenvalue weighted by atomic mass is 9.88. The summed E-state index contributed by atoms with van der Waals surface area (Å²) in [6, 6.07) is 8.83. The Bertz CT molecular complexity index is 505. The van der Waals surface area contributed by atoms with Crippen LogP contribution in [-0.2, 0) is 4.74 Å². The Morgan fingerprint density at radius 2 is 1.86 bits per heavy atom. The number of likely N-dealkylation sites (tertiary alicyclic amines) is 1. The van der Waals surface area contributed by atoms with E-state index in [9.17, 15) is 4.79 Å². The van der Waals surface area contributed by atoms with Crippen molar-refractivity contribution in [2.45, 2.75) is 51.7 Å². The molecule has 1 aliphatic heterocycles. The minimum Gasteiger partial charge on any atom is -0.444 e. The van der Waals surface area contributed by atoms with Crippen molar-refractivity contribution in [2.75, 3.05) is 20.1 Å². The summed E-state index contributed by atoms with van der Waals surface area (Å²) in [5.41, 5.74) is 2.16. The Morgan fingerprint density at radius 1 is 1.23 bits per heavy atom. The van der Waals surface area contributed by atoms with E-state index in [1.807, 2.05) is 20.8 Å². The van der Waals surface area contributed by atoms with E-state index < -0.39 is 5.60 Å². The smallest absolute Gasteiger partial charge is 0.407 e. The highest BCUT2D eigenvalue weighted by atomic mass is 16.6. The summed E-state index contributed by atoms with van der Waals surface area (Å²) in [5, 5.41) is 3.01. The summed E-state index contributed by atoms with van der Waals surface area (Å²) >= 11 is 0. The van der Waals surface area contributed by atoms with Gasteiger partial charge in [0, 0.05) is 19.1 Å². The second-order valence-electron chi connectivity index (χ2n) is 7.41. The number of nitrogens with zero attached hydrogens (tertiary/aromatic N) is 1. The Morgan fingerprint density at radius 3 is 2.45 bits per heavy atom. The maximum atomic E-state index is 12.0. The molecule has 0 aliphatic carbocycles. The Labute approximate surface area is 133 Å². The van der Waals surface area contributed by atoms with Crippen LogP contribution >= 0.6 is 0 Å². The van der Waals surface area contributed by atoms with Gasteiger partial charge in [0.05, 0.1) is 0 Å². The number of carbonyl (C=O) groups is 1. The SMILES string of the molecule is Cc1ccc(C2CC(NC(=O)OC(C)(C)C)CN(C)C2)cc1. The van der Waals surface area contributed by atoms with E-state index in [2.05, 4.69) is 48.5 Å². The summed E-state index contributed by atoms with van der Waals surface area (Å²) in [4.78, 5) is 14.2. The van der Waals surface area contributed by atoms with E-state index in [0.29, 0.717) is 5.92 Å². The average Bonchev–Trinajstić information content (AvgIpc) is 2.36. The lowest BCUT2D eigenvalue weighted by Gasteiger charge is -2.36. The highest BCUT2D eigenvalue weighted by molar-refractivity contribution is 5.68. The Balaban J connectivity index is 1.99. The number of rotatable bonds is 2. The Hall–Kier alpha value is -1.55. The van der Waals surface area contributed by atoms with Gasteiger partial charge in [0.2, 0.25) is 0 Å². The summed E-state index contributed by atoms with van der Waals surface area (Å²) in [7, 11) is 2.10. The lowest BCUT2D eigenvalue weighted by molar-refractivity contribution is 0.0473. The topological polar surface area (TPSA) is 41.6 Å². The molecule has 2 rings (SSSR count). The predicted octanol–water partition coefficient (Wildman–Crippen LogP) is 3.31.